The molecular formula is C13H11BrN2O4S. The number of nitro benzene ring substituents is 1. The minimum Gasteiger partial charge on any atom is -0.279 e. The van der Waals surface area contributed by atoms with E-state index in [0.29, 0.717) is 11.3 Å². The molecule has 6 nitrogen and oxygen atoms in total. The molecule has 0 heterocycles. The lowest BCUT2D eigenvalue weighted by molar-refractivity contribution is -0.387. The number of rotatable bonds is 4. The average Bonchev–Trinajstić information content (AvgIpc) is 2.40. The van der Waals surface area contributed by atoms with E-state index in [1.165, 1.54) is 25.1 Å². The molecule has 2 aromatic rings. The zero-order valence-corrected chi connectivity index (χ0v) is 13.3. The zero-order valence-electron chi connectivity index (χ0n) is 10.9. The van der Waals surface area contributed by atoms with Crippen LogP contribution in [0.4, 0.5) is 11.4 Å². The van der Waals surface area contributed by atoms with Crippen LogP contribution in [0.3, 0.4) is 0 Å². The maximum absolute atomic E-state index is 12.4. The van der Waals surface area contributed by atoms with E-state index in [9.17, 15) is 18.5 Å². The predicted molar refractivity (Wildman–Crippen MR) is 82.8 cm³/mol. The first kappa shape index (κ1) is 15.5. The van der Waals surface area contributed by atoms with Crippen molar-refractivity contribution >= 4 is 37.3 Å². The van der Waals surface area contributed by atoms with E-state index >= 15 is 0 Å². The summed E-state index contributed by atoms with van der Waals surface area (Å²) in [5, 5.41) is 11.0. The molecule has 2 rings (SSSR count). The monoisotopic (exact) mass is 370 g/mol. The topological polar surface area (TPSA) is 89.3 Å². The third-order valence-corrected chi connectivity index (χ3v) is 4.85. The lowest BCUT2D eigenvalue weighted by atomic mass is 10.2. The molecule has 0 bridgehead atoms. The summed E-state index contributed by atoms with van der Waals surface area (Å²) in [6.45, 7) is 1.52. The molecule has 0 saturated heterocycles. The lowest BCUT2D eigenvalue weighted by Crippen LogP contribution is -2.16. The van der Waals surface area contributed by atoms with Gasteiger partial charge in [0.2, 0.25) is 0 Å². The molecule has 0 saturated carbocycles. The second kappa shape index (κ2) is 5.82. The van der Waals surface area contributed by atoms with Gasteiger partial charge in [-0.1, -0.05) is 28.1 Å². The molecule has 0 radical (unpaired) electrons. The van der Waals surface area contributed by atoms with Crippen LogP contribution in [0.1, 0.15) is 5.56 Å². The van der Waals surface area contributed by atoms with Gasteiger partial charge in [-0.15, -0.1) is 0 Å². The molecule has 0 amide bonds. The Labute approximate surface area is 130 Å². The summed E-state index contributed by atoms with van der Waals surface area (Å²) in [6.07, 6.45) is 0. The molecule has 0 fully saturated rings. The second-order valence-corrected chi connectivity index (χ2v) is 6.83. The molecule has 110 valence electrons. The number of nitrogens with one attached hydrogen (secondary N) is 1. The molecule has 1 N–H and O–H groups in total. The molecule has 0 aliphatic carbocycles. The summed E-state index contributed by atoms with van der Waals surface area (Å²) >= 11 is 3.25. The molecule has 0 spiro atoms. The average molecular weight is 371 g/mol. The number of hydrogen-bond acceptors (Lipinski definition) is 4. The van der Waals surface area contributed by atoms with Crippen LogP contribution in [-0.4, -0.2) is 13.3 Å². The first-order valence-corrected chi connectivity index (χ1v) is 8.11. The number of sulfonamides is 1. The van der Waals surface area contributed by atoms with Crippen molar-refractivity contribution in [3.8, 4) is 0 Å². The first-order chi connectivity index (χ1) is 9.81. The zero-order chi connectivity index (χ0) is 15.6. The van der Waals surface area contributed by atoms with Crippen molar-refractivity contribution in [2.45, 2.75) is 11.8 Å². The van der Waals surface area contributed by atoms with E-state index in [1.807, 2.05) is 0 Å². The summed E-state index contributed by atoms with van der Waals surface area (Å²) in [5.74, 6) is 0. The molecule has 2 aromatic carbocycles. The van der Waals surface area contributed by atoms with Crippen LogP contribution in [0.15, 0.2) is 51.8 Å². The van der Waals surface area contributed by atoms with E-state index in [2.05, 4.69) is 20.7 Å². The number of aryl methyl sites for hydroxylation is 1. The largest absolute Gasteiger partial charge is 0.290 e. The Balaban J connectivity index is 2.49. The number of anilines is 1. The Bertz CT molecular complexity index is 788. The molecule has 8 heteroatoms. The number of benzene rings is 2. The fourth-order valence-corrected chi connectivity index (χ4v) is 3.58. The number of nitro groups is 1. The van der Waals surface area contributed by atoms with Gasteiger partial charge in [0.05, 0.1) is 4.92 Å². The number of nitrogens with zero attached hydrogens (tertiary/aromatic N) is 1. The standard InChI is InChI=1S/C13H11BrN2O4S/c1-9-3-2-4-12(16(17)18)13(9)21(19,20)15-11-7-5-10(14)6-8-11/h2-8,15H,1H3. The van der Waals surface area contributed by atoms with Gasteiger partial charge in [0.15, 0.2) is 4.90 Å². The fraction of sp³-hybridized carbons (Fsp3) is 0.0769. The van der Waals surface area contributed by atoms with Crippen molar-refractivity contribution in [2.24, 2.45) is 0 Å². The lowest BCUT2D eigenvalue weighted by Gasteiger charge is -2.10. The van der Waals surface area contributed by atoms with Crippen LogP contribution in [0.5, 0.6) is 0 Å². The van der Waals surface area contributed by atoms with E-state index < -0.39 is 20.6 Å². The van der Waals surface area contributed by atoms with Crippen LogP contribution < -0.4 is 4.72 Å². The molecular weight excluding hydrogens is 360 g/mol. The number of hydrogen-bond donors (Lipinski definition) is 1. The Hall–Kier alpha value is -1.93. The predicted octanol–water partition coefficient (Wildman–Crippen LogP) is 3.47. The highest BCUT2D eigenvalue weighted by atomic mass is 79.9. The molecule has 0 atom stereocenters. The molecule has 0 aliphatic rings. The van der Waals surface area contributed by atoms with E-state index in [1.54, 1.807) is 24.3 Å². The van der Waals surface area contributed by atoms with E-state index in [0.717, 1.165) is 4.47 Å². The van der Waals surface area contributed by atoms with Gasteiger partial charge in [-0.25, -0.2) is 8.42 Å². The van der Waals surface area contributed by atoms with Crippen molar-refractivity contribution in [2.75, 3.05) is 4.72 Å². The quantitative estimate of drug-likeness (QED) is 0.658. The SMILES string of the molecule is Cc1cccc([N+](=O)[O-])c1S(=O)(=O)Nc1ccc(Br)cc1. The molecule has 0 aromatic heterocycles. The van der Waals surface area contributed by atoms with Crippen molar-refractivity contribution in [3.63, 3.8) is 0 Å². The maximum Gasteiger partial charge on any atom is 0.290 e. The van der Waals surface area contributed by atoms with Gasteiger partial charge in [-0.05, 0) is 36.8 Å². The number of halogens is 1. The summed E-state index contributed by atoms with van der Waals surface area (Å²) in [4.78, 5) is 10.00. The van der Waals surface area contributed by atoms with Gasteiger partial charge in [0.25, 0.3) is 15.7 Å². The summed E-state index contributed by atoms with van der Waals surface area (Å²) in [6, 6.07) is 10.6. The van der Waals surface area contributed by atoms with Crippen molar-refractivity contribution in [3.05, 3.63) is 62.6 Å². The van der Waals surface area contributed by atoms with E-state index in [4.69, 9.17) is 0 Å². The maximum atomic E-state index is 12.4. The van der Waals surface area contributed by atoms with Gasteiger partial charge in [0, 0.05) is 16.2 Å². The Morgan fingerprint density at radius 3 is 2.33 bits per heavy atom. The highest BCUT2D eigenvalue weighted by molar-refractivity contribution is 9.10. The van der Waals surface area contributed by atoms with Crippen LogP contribution >= 0.6 is 15.9 Å². The second-order valence-electron chi connectivity index (χ2n) is 4.29. The Morgan fingerprint density at radius 1 is 1.14 bits per heavy atom. The Morgan fingerprint density at radius 2 is 1.76 bits per heavy atom. The van der Waals surface area contributed by atoms with E-state index in [-0.39, 0.29) is 4.90 Å². The van der Waals surface area contributed by atoms with Crippen LogP contribution in [0.25, 0.3) is 0 Å². The van der Waals surface area contributed by atoms with Gasteiger partial charge in [-0.3, -0.25) is 14.8 Å². The van der Waals surface area contributed by atoms with Gasteiger partial charge in [0.1, 0.15) is 0 Å². The minimum absolute atomic E-state index is 0.314. The fourth-order valence-electron chi connectivity index (χ4n) is 1.85. The molecule has 21 heavy (non-hydrogen) atoms. The minimum atomic E-state index is -4.04. The van der Waals surface area contributed by atoms with Crippen molar-refractivity contribution in [1.29, 1.82) is 0 Å². The Kier molecular flexibility index (Phi) is 4.29. The first-order valence-electron chi connectivity index (χ1n) is 5.83. The van der Waals surface area contributed by atoms with Crippen molar-refractivity contribution in [1.82, 2.24) is 0 Å². The smallest absolute Gasteiger partial charge is 0.279 e. The third kappa shape index (κ3) is 3.40. The van der Waals surface area contributed by atoms with Gasteiger partial charge >= 0.3 is 0 Å². The highest BCUT2D eigenvalue weighted by Gasteiger charge is 2.27. The molecule has 0 aliphatic heterocycles. The normalized spacial score (nSPS) is 11.1. The van der Waals surface area contributed by atoms with Crippen LogP contribution in [0, 0.1) is 17.0 Å². The van der Waals surface area contributed by atoms with Gasteiger partial charge < -0.3 is 0 Å². The van der Waals surface area contributed by atoms with Crippen LogP contribution in [0.2, 0.25) is 0 Å². The molecule has 0 unspecified atom stereocenters. The summed E-state index contributed by atoms with van der Waals surface area (Å²) in [5.41, 5.74) is 0.198. The third-order valence-electron chi connectivity index (χ3n) is 2.75. The highest BCUT2D eigenvalue weighted by Crippen LogP contribution is 2.28. The summed E-state index contributed by atoms with van der Waals surface area (Å²) in [7, 11) is -4.04. The van der Waals surface area contributed by atoms with Crippen LogP contribution in [-0.2, 0) is 10.0 Å². The van der Waals surface area contributed by atoms with Crippen molar-refractivity contribution < 1.29 is 13.3 Å². The van der Waals surface area contributed by atoms with Gasteiger partial charge in [-0.2, -0.15) is 0 Å². The summed E-state index contributed by atoms with van der Waals surface area (Å²) < 4.78 is 28.0.